The molecule has 0 aromatic carbocycles. The van der Waals surface area contributed by atoms with Crippen LogP contribution < -0.4 is 11.1 Å². The van der Waals surface area contributed by atoms with Crippen molar-refractivity contribution >= 4 is 0 Å². The molecule has 3 heteroatoms. The maximum absolute atomic E-state index is 8.91. The van der Waals surface area contributed by atoms with E-state index in [1.165, 1.54) is 0 Å². The van der Waals surface area contributed by atoms with Gasteiger partial charge in [-0.05, 0) is 6.54 Å². The Balaban J connectivity index is 2.40. The second kappa shape index (κ2) is 1.43. The molecule has 1 aliphatic rings. The first-order valence-electron chi connectivity index (χ1n) is 2.43. The maximum atomic E-state index is 8.91. The van der Waals surface area contributed by atoms with E-state index in [1.54, 1.807) is 0 Å². The lowest BCUT2D eigenvalue weighted by atomic mass is 10.2. The number of nitrogens with two attached hydrogens (primary N) is 1. The smallest absolute Gasteiger partial charge is 0.127 e. The Kier molecular flexibility index (Phi) is 1.03. The summed E-state index contributed by atoms with van der Waals surface area (Å²) in [6.45, 7) is 1.38. The first kappa shape index (κ1) is 5.03. The zero-order valence-electron chi connectivity index (χ0n) is 4.15. The SMILES string of the molecule is NC1(O)CCNC1. The largest absolute Gasteiger partial charge is 0.375 e. The Labute approximate surface area is 42.5 Å². The van der Waals surface area contributed by atoms with Crippen LogP contribution in [0, 0.1) is 0 Å². The summed E-state index contributed by atoms with van der Waals surface area (Å²) in [5, 5.41) is 11.8. The predicted molar refractivity (Wildman–Crippen MR) is 26.6 cm³/mol. The average molecular weight is 102 g/mol. The van der Waals surface area contributed by atoms with Crippen LogP contribution in [0.3, 0.4) is 0 Å². The average Bonchev–Trinajstić information content (AvgIpc) is 1.84. The van der Waals surface area contributed by atoms with Crippen molar-refractivity contribution in [1.82, 2.24) is 5.32 Å². The molecule has 1 atom stereocenters. The van der Waals surface area contributed by atoms with Gasteiger partial charge in [-0.15, -0.1) is 0 Å². The van der Waals surface area contributed by atoms with Gasteiger partial charge in [-0.2, -0.15) is 0 Å². The van der Waals surface area contributed by atoms with Crippen molar-refractivity contribution in [3.05, 3.63) is 0 Å². The molecule has 4 N–H and O–H groups in total. The van der Waals surface area contributed by atoms with Crippen LogP contribution in [0.2, 0.25) is 0 Å². The summed E-state index contributed by atoms with van der Waals surface area (Å²) in [6.07, 6.45) is 0.674. The molecule has 0 aliphatic carbocycles. The molecule has 0 bridgehead atoms. The van der Waals surface area contributed by atoms with Crippen molar-refractivity contribution in [2.24, 2.45) is 5.73 Å². The van der Waals surface area contributed by atoms with Crippen LogP contribution in [-0.4, -0.2) is 23.9 Å². The zero-order valence-corrected chi connectivity index (χ0v) is 4.15. The molecule has 0 saturated carbocycles. The molecule has 42 valence electrons. The molecule has 0 radical (unpaired) electrons. The molecular formula is C4H10N2O. The van der Waals surface area contributed by atoms with Gasteiger partial charge in [-0.1, -0.05) is 0 Å². The highest BCUT2D eigenvalue weighted by molar-refractivity contribution is 4.80. The van der Waals surface area contributed by atoms with Crippen LogP contribution >= 0.6 is 0 Å². The van der Waals surface area contributed by atoms with E-state index in [4.69, 9.17) is 10.8 Å². The molecule has 3 nitrogen and oxygen atoms in total. The molecule has 1 unspecified atom stereocenters. The highest BCUT2D eigenvalue weighted by Crippen LogP contribution is 2.03. The monoisotopic (exact) mass is 102 g/mol. The lowest BCUT2D eigenvalue weighted by Crippen LogP contribution is -2.41. The number of nitrogens with one attached hydrogen (secondary N) is 1. The van der Waals surface area contributed by atoms with Crippen LogP contribution in [0.5, 0.6) is 0 Å². The fourth-order valence-corrected chi connectivity index (χ4v) is 0.698. The predicted octanol–water partition coefficient (Wildman–Crippen LogP) is -1.37. The standard InChI is InChI=1S/C4H10N2O/c5-4(7)1-2-6-3-4/h6-7H,1-3,5H2. The fourth-order valence-electron chi connectivity index (χ4n) is 0.698. The molecule has 1 rings (SSSR count). The Morgan fingerprint density at radius 2 is 2.43 bits per heavy atom. The Morgan fingerprint density at radius 1 is 1.71 bits per heavy atom. The summed E-state index contributed by atoms with van der Waals surface area (Å²) in [5.74, 6) is 0. The van der Waals surface area contributed by atoms with Gasteiger partial charge in [0.25, 0.3) is 0 Å². The second-order valence-electron chi connectivity index (χ2n) is 2.03. The number of aliphatic hydroxyl groups is 1. The molecule has 0 amide bonds. The van der Waals surface area contributed by atoms with Crippen LogP contribution in [-0.2, 0) is 0 Å². The van der Waals surface area contributed by atoms with Gasteiger partial charge in [-0.25, -0.2) is 0 Å². The molecule has 1 aliphatic heterocycles. The molecule has 1 saturated heterocycles. The van der Waals surface area contributed by atoms with E-state index in [0.29, 0.717) is 13.0 Å². The van der Waals surface area contributed by atoms with Crippen molar-refractivity contribution in [2.75, 3.05) is 13.1 Å². The highest BCUT2D eigenvalue weighted by atomic mass is 16.3. The fraction of sp³-hybridized carbons (Fsp3) is 1.00. The van der Waals surface area contributed by atoms with Gasteiger partial charge in [0.05, 0.1) is 0 Å². The summed E-state index contributed by atoms with van der Waals surface area (Å²) in [7, 11) is 0. The zero-order chi connectivity index (χ0) is 5.33. The van der Waals surface area contributed by atoms with Crippen molar-refractivity contribution in [3.8, 4) is 0 Å². The van der Waals surface area contributed by atoms with Gasteiger partial charge in [0.2, 0.25) is 0 Å². The van der Waals surface area contributed by atoms with Gasteiger partial charge in [-0.3, -0.25) is 0 Å². The van der Waals surface area contributed by atoms with E-state index in [0.717, 1.165) is 6.54 Å². The van der Waals surface area contributed by atoms with Crippen molar-refractivity contribution in [2.45, 2.75) is 12.1 Å². The minimum absolute atomic E-state index is 0.535. The lowest BCUT2D eigenvalue weighted by Gasteiger charge is -2.11. The molecule has 0 spiro atoms. The first-order valence-corrected chi connectivity index (χ1v) is 2.43. The number of rotatable bonds is 0. The first-order chi connectivity index (χ1) is 3.21. The van der Waals surface area contributed by atoms with Crippen molar-refractivity contribution in [3.63, 3.8) is 0 Å². The third-order valence-corrected chi connectivity index (χ3v) is 1.17. The Hall–Kier alpha value is -0.120. The second-order valence-corrected chi connectivity index (χ2v) is 2.03. The van der Waals surface area contributed by atoms with Crippen LogP contribution in [0.1, 0.15) is 6.42 Å². The summed E-state index contributed by atoms with van der Waals surface area (Å²) < 4.78 is 0. The quantitative estimate of drug-likeness (QED) is 0.331. The summed E-state index contributed by atoms with van der Waals surface area (Å²) in [5.41, 5.74) is 4.35. The Morgan fingerprint density at radius 3 is 2.57 bits per heavy atom. The molecule has 1 heterocycles. The summed E-state index contributed by atoms with van der Waals surface area (Å²) >= 11 is 0. The maximum Gasteiger partial charge on any atom is 0.127 e. The topological polar surface area (TPSA) is 58.3 Å². The van der Waals surface area contributed by atoms with Gasteiger partial charge < -0.3 is 16.2 Å². The minimum Gasteiger partial charge on any atom is -0.375 e. The number of hydrogen-bond donors (Lipinski definition) is 3. The van der Waals surface area contributed by atoms with E-state index in [9.17, 15) is 0 Å². The van der Waals surface area contributed by atoms with Crippen molar-refractivity contribution < 1.29 is 5.11 Å². The summed E-state index contributed by atoms with van der Waals surface area (Å²) in [4.78, 5) is 0. The molecule has 0 aromatic heterocycles. The molecule has 0 aromatic rings. The van der Waals surface area contributed by atoms with Crippen molar-refractivity contribution in [1.29, 1.82) is 0 Å². The third-order valence-electron chi connectivity index (χ3n) is 1.17. The highest BCUT2D eigenvalue weighted by Gasteiger charge is 2.24. The number of hydrogen-bond acceptors (Lipinski definition) is 3. The van der Waals surface area contributed by atoms with E-state index in [2.05, 4.69) is 5.32 Å². The Bertz CT molecular complexity index is 64.1. The third kappa shape index (κ3) is 1.12. The number of β-amino-alcohol motifs (C(OH)–C–C–N with tert-alkyl or cyclic N) is 1. The van der Waals surface area contributed by atoms with Crippen LogP contribution in [0.15, 0.2) is 0 Å². The lowest BCUT2D eigenvalue weighted by molar-refractivity contribution is 0.0687. The summed E-state index contributed by atoms with van der Waals surface area (Å²) in [6, 6.07) is 0. The van der Waals surface area contributed by atoms with Gasteiger partial charge >= 0.3 is 0 Å². The van der Waals surface area contributed by atoms with Gasteiger partial charge in [0.1, 0.15) is 5.72 Å². The van der Waals surface area contributed by atoms with E-state index < -0.39 is 5.72 Å². The molecular weight excluding hydrogens is 92.1 g/mol. The molecule has 7 heavy (non-hydrogen) atoms. The van der Waals surface area contributed by atoms with E-state index >= 15 is 0 Å². The van der Waals surface area contributed by atoms with Crippen LogP contribution in [0.4, 0.5) is 0 Å². The van der Waals surface area contributed by atoms with E-state index in [-0.39, 0.29) is 0 Å². The van der Waals surface area contributed by atoms with Gasteiger partial charge in [0, 0.05) is 13.0 Å². The molecule has 1 fully saturated rings. The minimum atomic E-state index is -0.917. The normalized spacial score (nSPS) is 42.0. The van der Waals surface area contributed by atoms with E-state index in [1.807, 2.05) is 0 Å². The van der Waals surface area contributed by atoms with Crippen LogP contribution in [0.25, 0.3) is 0 Å². The van der Waals surface area contributed by atoms with Gasteiger partial charge in [0.15, 0.2) is 0 Å².